The van der Waals surface area contributed by atoms with Crippen LogP contribution in [0.4, 0.5) is 0 Å². The maximum absolute atomic E-state index is 12.9. The number of ether oxygens (including phenoxy) is 2. The highest BCUT2D eigenvalue weighted by Gasteiger charge is 2.23. The third-order valence-corrected chi connectivity index (χ3v) is 4.75. The molecule has 3 rings (SSSR count). The number of carbonyl (C=O) groups is 2. The first-order chi connectivity index (χ1) is 14.5. The summed E-state index contributed by atoms with van der Waals surface area (Å²) in [4.78, 5) is 25.2. The lowest BCUT2D eigenvalue weighted by Crippen LogP contribution is -2.16. The van der Waals surface area contributed by atoms with Crippen LogP contribution in [0.3, 0.4) is 0 Å². The predicted octanol–water partition coefficient (Wildman–Crippen LogP) is 3.92. The van der Waals surface area contributed by atoms with Crippen LogP contribution in [-0.4, -0.2) is 39.3 Å². The van der Waals surface area contributed by atoms with Crippen LogP contribution in [0.1, 0.15) is 39.0 Å². The summed E-state index contributed by atoms with van der Waals surface area (Å²) in [5.41, 5.74) is 3.28. The number of hydrogen-bond donors (Lipinski definition) is 0. The molecular weight excluding hydrogens is 382 g/mol. The average Bonchev–Trinajstić information content (AvgIpc) is 3.29. The molecule has 0 radical (unpaired) electrons. The molecule has 0 amide bonds. The maximum Gasteiger partial charge on any atom is 0.345 e. The molecule has 0 saturated carbocycles. The maximum atomic E-state index is 12.9. The van der Waals surface area contributed by atoms with Gasteiger partial charge in [0.25, 0.3) is 0 Å². The van der Waals surface area contributed by atoms with Crippen molar-refractivity contribution in [1.82, 2.24) is 14.3 Å². The van der Waals surface area contributed by atoms with Crippen molar-refractivity contribution in [2.75, 3.05) is 13.2 Å². The van der Waals surface area contributed by atoms with Gasteiger partial charge in [-0.3, -0.25) is 4.79 Å². The lowest BCUT2D eigenvalue weighted by Gasteiger charge is -2.11. The lowest BCUT2D eigenvalue weighted by molar-refractivity contribution is 0.0519. The van der Waals surface area contributed by atoms with Gasteiger partial charge in [-0.15, -0.1) is 6.58 Å². The van der Waals surface area contributed by atoms with Gasteiger partial charge in [-0.1, -0.05) is 24.3 Å². The van der Waals surface area contributed by atoms with Crippen LogP contribution in [0.25, 0.3) is 5.69 Å². The normalized spacial score (nSPS) is 10.6. The average molecular weight is 407 g/mol. The van der Waals surface area contributed by atoms with E-state index in [4.69, 9.17) is 9.47 Å². The highest BCUT2D eigenvalue weighted by atomic mass is 16.5. The second-order valence-corrected chi connectivity index (χ2v) is 6.73. The fourth-order valence-corrected chi connectivity index (χ4v) is 3.28. The van der Waals surface area contributed by atoms with Gasteiger partial charge >= 0.3 is 5.97 Å². The van der Waals surface area contributed by atoms with Gasteiger partial charge in [0.2, 0.25) is 11.7 Å². The zero-order valence-electron chi connectivity index (χ0n) is 17.4. The van der Waals surface area contributed by atoms with Crippen LogP contribution in [0.5, 0.6) is 5.88 Å². The zero-order valence-corrected chi connectivity index (χ0v) is 17.4. The number of ketones is 1. The predicted molar refractivity (Wildman–Crippen MR) is 113 cm³/mol. The summed E-state index contributed by atoms with van der Waals surface area (Å²) in [6.07, 6.45) is 3.18. The van der Waals surface area contributed by atoms with E-state index in [2.05, 4.69) is 11.7 Å². The van der Waals surface area contributed by atoms with Crippen LogP contribution >= 0.6 is 0 Å². The SMILES string of the molecule is C=CCn1c(C)cc(C(=O)COc2c(C(=O)OCC)cnn2-c2ccccc2)c1C. The Hall–Kier alpha value is -3.61. The molecule has 0 aliphatic heterocycles. The summed E-state index contributed by atoms with van der Waals surface area (Å²) < 4.78 is 14.4. The molecule has 0 N–H and O–H groups in total. The van der Waals surface area contributed by atoms with E-state index in [-0.39, 0.29) is 30.4 Å². The topological polar surface area (TPSA) is 75.3 Å². The molecule has 0 aliphatic carbocycles. The first-order valence-electron chi connectivity index (χ1n) is 9.72. The fraction of sp³-hybridized carbons (Fsp3) is 0.261. The summed E-state index contributed by atoms with van der Waals surface area (Å²) in [5.74, 6) is -0.562. The number of aryl methyl sites for hydroxylation is 1. The molecule has 0 atom stereocenters. The Balaban J connectivity index is 1.89. The molecule has 0 fully saturated rings. The van der Waals surface area contributed by atoms with Crippen molar-refractivity contribution >= 4 is 11.8 Å². The second kappa shape index (κ2) is 9.26. The number of nitrogens with zero attached hydrogens (tertiary/aromatic N) is 3. The van der Waals surface area contributed by atoms with E-state index < -0.39 is 5.97 Å². The van der Waals surface area contributed by atoms with Gasteiger partial charge in [-0.05, 0) is 39.0 Å². The lowest BCUT2D eigenvalue weighted by atomic mass is 10.1. The minimum atomic E-state index is -0.550. The minimum Gasteiger partial charge on any atom is -0.469 e. The van der Waals surface area contributed by atoms with Crippen molar-refractivity contribution in [2.24, 2.45) is 0 Å². The molecule has 0 unspecified atom stereocenters. The number of benzene rings is 1. The molecule has 7 heteroatoms. The quantitative estimate of drug-likeness (QED) is 0.305. The van der Waals surface area contributed by atoms with Crippen molar-refractivity contribution in [1.29, 1.82) is 0 Å². The van der Waals surface area contributed by atoms with Crippen LogP contribution in [-0.2, 0) is 11.3 Å². The monoisotopic (exact) mass is 407 g/mol. The van der Waals surface area contributed by atoms with E-state index in [0.717, 1.165) is 11.4 Å². The van der Waals surface area contributed by atoms with Crippen LogP contribution in [0.15, 0.2) is 55.3 Å². The van der Waals surface area contributed by atoms with Gasteiger partial charge in [0.1, 0.15) is 5.56 Å². The highest BCUT2D eigenvalue weighted by molar-refractivity contribution is 5.99. The van der Waals surface area contributed by atoms with Crippen molar-refractivity contribution in [2.45, 2.75) is 27.3 Å². The van der Waals surface area contributed by atoms with Gasteiger partial charge in [0.15, 0.2) is 6.61 Å². The smallest absolute Gasteiger partial charge is 0.345 e. The zero-order chi connectivity index (χ0) is 21.7. The number of Topliss-reactive ketones (excluding diaryl/α,β-unsaturated/α-hetero) is 1. The summed E-state index contributed by atoms with van der Waals surface area (Å²) >= 11 is 0. The van der Waals surface area contributed by atoms with E-state index in [1.54, 1.807) is 13.0 Å². The fourth-order valence-electron chi connectivity index (χ4n) is 3.28. The molecule has 0 spiro atoms. The molecule has 156 valence electrons. The Labute approximate surface area is 175 Å². The van der Waals surface area contributed by atoms with Gasteiger partial charge < -0.3 is 14.0 Å². The highest BCUT2D eigenvalue weighted by Crippen LogP contribution is 2.24. The summed E-state index contributed by atoms with van der Waals surface area (Å²) in [6, 6.07) is 11.1. The molecule has 2 aromatic heterocycles. The third kappa shape index (κ3) is 4.20. The summed E-state index contributed by atoms with van der Waals surface area (Å²) in [5, 5.41) is 4.26. The third-order valence-electron chi connectivity index (χ3n) is 4.75. The first kappa shape index (κ1) is 21.1. The summed E-state index contributed by atoms with van der Waals surface area (Å²) in [7, 11) is 0. The van der Waals surface area contributed by atoms with Crippen molar-refractivity contribution in [3.8, 4) is 11.6 Å². The van der Waals surface area contributed by atoms with E-state index in [0.29, 0.717) is 17.8 Å². The number of para-hydroxylation sites is 1. The Bertz CT molecular complexity index is 1060. The van der Waals surface area contributed by atoms with E-state index in [1.807, 2.05) is 54.8 Å². The Kier molecular flexibility index (Phi) is 6.51. The van der Waals surface area contributed by atoms with Gasteiger partial charge in [-0.25, -0.2) is 9.48 Å². The molecule has 7 nitrogen and oxygen atoms in total. The number of rotatable bonds is 9. The number of esters is 1. The van der Waals surface area contributed by atoms with Gasteiger partial charge in [0.05, 0.1) is 18.5 Å². The number of allylic oxidation sites excluding steroid dienone is 1. The van der Waals surface area contributed by atoms with E-state index in [1.165, 1.54) is 10.9 Å². The van der Waals surface area contributed by atoms with E-state index in [9.17, 15) is 9.59 Å². The van der Waals surface area contributed by atoms with E-state index >= 15 is 0 Å². The van der Waals surface area contributed by atoms with Crippen molar-refractivity contribution in [3.63, 3.8) is 0 Å². The molecule has 3 aromatic rings. The molecule has 1 aromatic carbocycles. The number of hydrogen-bond acceptors (Lipinski definition) is 5. The Morgan fingerprint density at radius 3 is 2.57 bits per heavy atom. The van der Waals surface area contributed by atoms with Crippen LogP contribution in [0, 0.1) is 13.8 Å². The minimum absolute atomic E-state index is 0.172. The number of carbonyl (C=O) groups excluding carboxylic acids is 2. The van der Waals surface area contributed by atoms with Crippen molar-refractivity contribution < 1.29 is 19.1 Å². The molecule has 0 saturated heterocycles. The Morgan fingerprint density at radius 2 is 1.90 bits per heavy atom. The van der Waals surface area contributed by atoms with Crippen LogP contribution in [0.2, 0.25) is 0 Å². The molecule has 0 aliphatic rings. The molecule has 2 heterocycles. The molecular formula is C23H25N3O4. The standard InChI is InChI=1S/C23H25N3O4/c1-5-12-25-16(3)13-19(17(25)4)21(27)15-30-22-20(23(28)29-6-2)14-24-26(22)18-10-8-7-9-11-18/h5,7-11,13-14H,1,6,12,15H2,2-4H3. The summed E-state index contributed by atoms with van der Waals surface area (Å²) in [6.45, 7) is 9.93. The molecule has 0 bridgehead atoms. The number of aromatic nitrogens is 3. The second-order valence-electron chi connectivity index (χ2n) is 6.73. The molecule has 30 heavy (non-hydrogen) atoms. The van der Waals surface area contributed by atoms with Gasteiger partial charge in [0, 0.05) is 23.5 Å². The van der Waals surface area contributed by atoms with Crippen molar-refractivity contribution in [3.05, 3.63) is 77.8 Å². The Morgan fingerprint density at radius 1 is 1.17 bits per heavy atom. The van der Waals surface area contributed by atoms with Crippen LogP contribution < -0.4 is 4.74 Å². The first-order valence-corrected chi connectivity index (χ1v) is 9.72. The van der Waals surface area contributed by atoms with Gasteiger partial charge in [-0.2, -0.15) is 5.10 Å². The largest absolute Gasteiger partial charge is 0.469 e.